The minimum absolute atomic E-state index is 0. The highest BCUT2D eigenvalue weighted by Gasteiger charge is 2.20. The van der Waals surface area contributed by atoms with E-state index in [0.29, 0.717) is 12.6 Å². The lowest BCUT2D eigenvalue weighted by molar-refractivity contribution is 0.185. The van der Waals surface area contributed by atoms with Crippen LogP contribution in [-0.4, -0.2) is 61.3 Å². The topological polar surface area (TPSA) is 69.1 Å². The Balaban J connectivity index is 0.00000364. The summed E-state index contributed by atoms with van der Waals surface area (Å²) in [5.41, 5.74) is 0.818. The normalized spacial score (nSPS) is 18.9. The Morgan fingerprint density at radius 2 is 2.15 bits per heavy atom. The van der Waals surface area contributed by atoms with Gasteiger partial charge in [0.2, 0.25) is 0 Å². The Morgan fingerprint density at radius 1 is 1.37 bits per heavy atom. The number of aliphatic hydroxyl groups is 1. The summed E-state index contributed by atoms with van der Waals surface area (Å²) in [6, 6.07) is 8.14. The van der Waals surface area contributed by atoms with Crippen molar-refractivity contribution in [3.63, 3.8) is 0 Å². The number of benzene rings is 1. The molecule has 1 aromatic rings. The monoisotopic (exact) mass is 490 g/mol. The zero-order valence-electron chi connectivity index (χ0n) is 16.9. The third kappa shape index (κ3) is 8.23. The van der Waals surface area contributed by atoms with E-state index in [9.17, 15) is 5.11 Å². The number of ether oxygens (including phenoxy) is 1. The van der Waals surface area contributed by atoms with E-state index in [0.717, 1.165) is 36.9 Å². The molecule has 2 atom stereocenters. The summed E-state index contributed by atoms with van der Waals surface area (Å²) in [7, 11) is 2.17. The van der Waals surface area contributed by atoms with Crippen LogP contribution >= 0.6 is 24.0 Å². The minimum atomic E-state index is -0.657. The quantitative estimate of drug-likeness (QED) is 0.297. The Bertz CT molecular complexity index is 583. The number of aliphatic hydroxyl groups excluding tert-OH is 1. The van der Waals surface area contributed by atoms with Crippen LogP contribution in [0, 0.1) is 0 Å². The molecular formula is C20H35IN4O2. The number of nitrogens with zero attached hydrogens (tertiary/aromatic N) is 2. The summed E-state index contributed by atoms with van der Waals surface area (Å²) in [5.74, 6) is 1.52. The van der Waals surface area contributed by atoms with Gasteiger partial charge in [0.15, 0.2) is 5.96 Å². The molecule has 7 heteroatoms. The fourth-order valence-electron chi connectivity index (χ4n) is 3.14. The van der Waals surface area contributed by atoms with Gasteiger partial charge in [0.25, 0.3) is 0 Å². The summed E-state index contributed by atoms with van der Waals surface area (Å²) < 4.78 is 5.70. The molecule has 1 aliphatic rings. The standard InChI is InChI=1S/C20H34N4O2.HI/c1-5-21-20(22-13-17-9-7-11-24(17)4)23-14-19(25)16-8-6-10-18(12-16)26-15(2)3;/h6,8,10,12,15,17,19,25H,5,7,9,11,13-14H2,1-4H3,(H2,21,22,23);1H. The van der Waals surface area contributed by atoms with Crippen molar-refractivity contribution in [3.8, 4) is 5.75 Å². The van der Waals surface area contributed by atoms with Gasteiger partial charge in [-0.1, -0.05) is 12.1 Å². The van der Waals surface area contributed by atoms with Crippen molar-refractivity contribution >= 4 is 29.9 Å². The molecule has 0 radical (unpaired) electrons. The molecular weight excluding hydrogens is 455 g/mol. The highest BCUT2D eigenvalue weighted by molar-refractivity contribution is 14.0. The first kappa shape index (κ1) is 24.0. The van der Waals surface area contributed by atoms with Gasteiger partial charge in [0.05, 0.1) is 18.8 Å². The van der Waals surface area contributed by atoms with Gasteiger partial charge >= 0.3 is 0 Å². The maximum atomic E-state index is 10.5. The van der Waals surface area contributed by atoms with Gasteiger partial charge in [0, 0.05) is 19.1 Å². The van der Waals surface area contributed by atoms with Crippen LogP contribution in [0.5, 0.6) is 5.75 Å². The lowest BCUT2D eigenvalue weighted by Gasteiger charge is -2.21. The summed E-state index contributed by atoms with van der Waals surface area (Å²) >= 11 is 0. The van der Waals surface area contributed by atoms with E-state index in [2.05, 4.69) is 27.6 Å². The summed E-state index contributed by atoms with van der Waals surface area (Å²) in [4.78, 5) is 6.93. The maximum absolute atomic E-state index is 10.5. The SMILES string of the molecule is CCNC(=NCC(O)c1cccc(OC(C)C)c1)NCC1CCCN1C.I. The van der Waals surface area contributed by atoms with Gasteiger partial charge in [-0.2, -0.15) is 0 Å². The van der Waals surface area contributed by atoms with Crippen molar-refractivity contribution in [1.29, 1.82) is 0 Å². The molecule has 2 unspecified atom stereocenters. The number of guanidine groups is 1. The Hall–Kier alpha value is -1.06. The van der Waals surface area contributed by atoms with Crippen LogP contribution in [0.1, 0.15) is 45.3 Å². The summed E-state index contributed by atoms with van der Waals surface area (Å²) in [6.07, 6.45) is 1.92. The highest BCUT2D eigenvalue weighted by atomic mass is 127. The minimum Gasteiger partial charge on any atom is -0.491 e. The van der Waals surface area contributed by atoms with Gasteiger partial charge < -0.3 is 25.4 Å². The van der Waals surface area contributed by atoms with Crippen LogP contribution in [0.4, 0.5) is 0 Å². The van der Waals surface area contributed by atoms with E-state index in [1.807, 2.05) is 45.0 Å². The number of hydrogen-bond acceptors (Lipinski definition) is 4. The van der Waals surface area contributed by atoms with Gasteiger partial charge in [-0.25, -0.2) is 0 Å². The predicted molar refractivity (Wildman–Crippen MR) is 122 cm³/mol. The second kappa shape index (κ2) is 12.4. The molecule has 1 heterocycles. The molecule has 0 bridgehead atoms. The Morgan fingerprint density at radius 3 is 2.78 bits per heavy atom. The first-order valence-corrected chi connectivity index (χ1v) is 9.66. The molecule has 0 spiro atoms. The molecule has 1 aliphatic heterocycles. The third-order valence-corrected chi connectivity index (χ3v) is 4.56. The number of likely N-dealkylation sites (N-methyl/N-ethyl adjacent to an activating group) is 1. The Labute approximate surface area is 180 Å². The molecule has 0 aliphatic carbocycles. The second-order valence-electron chi connectivity index (χ2n) is 7.13. The van der Waals surface area contributed by atoms with E-state index in [1.54, 1.807) is 0 Å². The lowest BCUT2D eigenvalue weighted by Crippen LogP contribution is -2.44. The zero-order chi connectivity index (χ0) is 18.9. The van der Waals surface area contributed by atoms with Crippen LogP contribution in [-0.2, 0) is 0 Å². The summed E-state index contributed by atoms with van der Waals surface area (Å²) in [6.45, 7) is 9.15. The van der Waals surface area contributed by atoms with E-state index in [-0.39, 0.29) is 30.1 Å². The van der Waals surface area contributed by atoms with Crippen molar-refractivity contribution < 1.29 is 9.84 Å². The van der Waals surface area contributed by atoms with Crippen molar-refractivity contribution in [2.45, 2.75) is 51.9 Å². The molecule has 0 amide bonds. The average molecular weight is 490 g/mol. The molecule has 27 heavy (non-hydrogen) atoms. The molecule has 1 saturated heterocycles. The largest absolute Gasteiger partial charge is 0.491 e. The number of aliphatic imine (C=N–C) groups is 1. The van der Waals surface area contributed by atoms with Crippen LogP contribution < -0.4 is 15.4 Å². The maximum Gasteiger partial charge on any atom is 0.191 e. The smallest absolute Gasteiger partial charge is 0.191 e. The fourth-order valence-corrected chi connectivity index (χ4v) is 3.14. The van der Waals surface area contributed by atoms with E-state index in [4.69, 9.17) is 4.74 Å². The predicted octanol–water partition coefficient (Wildman–Crippen LogP) is 2.77. The van der Waals surface area contributed by atoms with Crippen LogP contribution in [0.3, 0.4) is 0 Å². The first-order valence-electron chi connectivity index (χ1n) is 9.66. The molecule has 3 N–H and O–H groups in total. The van der Waals surface area contributed by atoms with Crippen LogP contribution in [0.2, 0.25) is 0 Å². The van der Waals surface area contributed by atoms with E-state index >= 15 is 0 Å². The Kier molecular flexibility index (Phi) is 11.0. The number of likely N-dealkylation sites (tertiary alicyclic amines) is 1. The van der Waals surface area contributed by atoms with Crippen molar-refractivity contribution in [2.24, 2.45) is 4.99 Å². The third-order valence-electron chi connectivity index (χ3n) is 4.56. The molecule has 154 valence electrons. The average Bonchev–Trinajstić information content (AvgIpc) is 3.01. The first-order chi connectivity index (χ1) is 12.5. The van der Waals surface area contributed by atoms with Crippen LogP contribution in [0.25, 0.3) is 0 Å². The number of nitrogens with one attached hydrogen (secondary N) is 2. The van der Waals surface area contributed by atoms with Crippen molar-refractivity contribution in [3.05, 3.63) is 29.8 Å². The van der Waals surface area contributed by atoms with Crippen LogP contribution in [0.15, 0.2) is 29.3 Å². The second-order valence-corrected chi connectivity index (χ2v) is 7.13. The van der Waals surface area contributed by atoms with E-state index in [1.165, 1.54) is 12.8 Å². The van der Waals surface area contributed by atoms with Crippen molar-refractivity contribution in [1.82, 2.24) is 15.5 Å². The molecule has 1 aromatic carbocycles. The van der Waals surface area contributed by atoms with Crippen molar-refractivity contribution in [2.75, 3.05) is 33.2 Å². The fraction of sp³-hybridized carbons (Fsp3) is 0.650. The van der Waals surface area contributed by atoms with Gasteiger partial charge in [-0.15, -0.1) is 24.0 Å². The van der Waals surface area contributed by atoms with Gasteiger partial charge in [-0.05, 0) is 64.9 Å². The molecule has 1 fully saturated rings. The highest BCUT2D eigenvalue weighted by Crippen LogP contribution is 2.20. The van der Waals surface area contributed by atoms with E-state index < -0.39 is 6.10 Å². The number of hydrogen-bond donors (Lipinski definition) is 3. The number of halogens is 1. The number of rotatable bonds is 8. The lowest BCUT2D eigenvalue weighted by atomic mass is 10.1. The summed E-state index contributed by atoms with van der Waals surface area (Å²) in [5, 5.41) is 17.1. The molecule has 0 aromatic heterocycles. The molecule has 0 saturated carbocycles. The molecule has 6 nitrogen and oxygen atoms in total. The van der Waals surface area contributed by atoms with Gasteiger partial charge in [0.1, 0.15) is 5.75 Å². The molecule has 2 rings (SSSR count). The van der Waals surface area contributed by atoms with Gasteiger partial charge in [-0.3, -0.25) is 4.99 Å². The zero-order valence-corrected chi connectivity index (χ0v) is 19.3.